The summed E-state index contributed by atoms with van der Waals surface area (Å²) in [4.78, 5) is 11.1. The van der Waals surface area contributed by atoms with Gasteiger partial charge in [0.15, 0.2) is 5.78 Å². The van der Waals surface area contributed by atoms with E-state index in [4.69, 9.17) is 0 Å². The van der Waals surface area contributed by atoms with Crippen molar-refractivity contribution >= 4 is 5.78 Å². The topological polar surface area (TPSA) is 40.1 Å². The molecule has 1 unspecified atom stereocenters. The summed E-state index contributed by atoms with van der Waals surface area (Å²) in [5, 5.41) is 11.4. The Morgan fingerprint density at radius 2 is 1.92 bits per heavy atom. The molecule has 0 amide bonds. The zero-order chi connectivity index (χ0) is 8.06. The number of hydrogen-bond donors (Lipinski definition) is 0. The molecule has 2 nitrogen and oxygen atoms in total. The Balaban J connectivity index is 0.000000720. The van der Waals surface area contributed by atoms with Gasteiger partial charge in [0.2, 0.25) is 0 Å². The van der Waals surface area contributed by atoms with E-state index in [2.05, 4.69) is 0 Å². The molecule has 0 bridgehead atoms. The Labute approximate surface area is 82.8 Å². The summed E-state index contributed by atoms with van der Waals surface area (Å²) in [5.74, 6) is -0.284. The van der Waals surface area contributed by atoms with Gasteiger partial charge in [-0.05, 0) is 11.2 Å². The van der Waals surface area contributed by atoms with Crippen LogP contribution in [0.5, 0.6) is 0 Å². The smallest absolute Gasteiger partial charge is 0.840 e. The second-order valence-electron chi connectivity index (χ2n) is 2.91. The summed E-state index contributed by atoms with van der Waals surface area (Å²) in [6.45, 7) is 1.41. The molecule has 0 N–H and O–H groups in total. The van der Waals surface area contributed by atoms with Crippen molar-refractivity contribution in [2.75, 3.05) is 0 Å². The molecule has 2 rings (SSSR count). The molecule has 0 aliphatic heterocycles. The van der Waals surface area contributed by atoms with Crippen LogP contribution >= 0.6 is 0 Å². The van der Waals surface area contributed by atoms with Crippen molar-refractivity contribution in [3.63, 3.8) is 0 Å². The van der Waals surface area contributed by atoms with Gasteiger partial charge < -0.3 is 5.11 Å². The predicted octanol–water partition coefficient (Wildman–Crippen LogP) is -2.54. The van der Waals surface area contributed by atoms with Crippen LogP contribution in [-0.2, 0) is 5.60 Å². The molecular formula is C9H7LiO2. The Hall–Kier alpha value is -0.553. The minimum absolute atomic E-state index is 0. The second kappa shape index (κ2) is 2.74. The minimum atomic E-state index is -1.48. The normalized spacial score (nSPS) is 25.3. The number of carbonyl (C=O) groups excluding carboxylic acids is 1. The molecule has 0 spiro atoms. The van der Waals surface area contributed by atoms with Crippen LogP contribution < -0.4 is 24.0 Å². The fraction of sp³-hybridized carbons (Fsp3) is 0.222. The van der Waals surface area contributed by atoms with Gasteiger partial charge in [0.05, 0.1) is 0 Å². The van der Waals surface area contributed by atoms with Gasteiger partial charge in [0.1, 0.15) is 0 Å². The third-order valence-corrected chi connectivity index (χ3v) is 2.12. The van der Waals surface area contributed by atoms with Crippen LogP contribution in [0.1, 0.15) is 22.8 Å². The van der Waals surface area contributed by atoms with Gasteiger partial charge in [0, 0.05) is 5.56 Å². The van der Waals surface area contributed by atoms with E-state index in [1.54, 1.807) is 24.3 Å². The number of rotatable bonds is 0. The third-order valence-electron chi connectivity index (χ3n) is 2.12. The second-order valence-corrected chi connectivity index (χ2v) is 2.91. The van der Waals surface area contributed by atoms with Gasteiger partial charge >= 0.3 is 18.9 Å². The number of carbonyl (C=O) groups is 1. The monoisotopic (exact) mass is 154 g/mol. The van der Waals surface area contributed by atoms with E-state index in [0.29, 0.717) is 11.1 Å². The van der Waals surface area contributed by atoms with Gasteiger partial charge in [-0.1, -0.05) is 31.2 Å². The van der Waals surface area contributed by atoms with Gasteiger partial charge in [0.25, 0.3) is 0 Å². The van der Waals surface area contributed by atoms with Crippen molar-refractivity contribution in [1.82, 2.24) is 0 Å². The van der Waals surface area contributed by atoms with Crippen LogP contribution in [0, 0.1) is 0 Å². The van der Waals surface area contributed by atoms with Gasteiger partial charge in [-0.3, -0.25) is 4.79 Å². The van der Waals surface area contributed by atoms with Crippen LogP contribution in [0.3, 0.4) is 0 Å². The van der Waals surface area contributed by atoms with E-state index in [1.807, 2.05) is 0 Å². The molecule has 0 fully saturated rings. The first kappa shape index (κ1) is 9.53. The van der Waals surface area contributed by atoms with Crippen LogP contribution in [0.15, 0.2) is 24.3 Å². The summed E-state index contributed by atoms with van der Waals surface area (Å²) >= 11 is 0. The Kier molecular flexibility index (Phi) is 2.18. The van der Waals surface area contributed by atoms with Crippen molar-refractivity contribution in [1.29, 1.82) is 0 Å². The summed E-state index contributed by atoms with van der Waals surface area (Å²) < 4.78 is 0. The van der Waals surface area contributed by atoms with E-state index >= 15 is 0 Å². The zero-order valence-electron chi connectivity index (χ0n) is 7.13. The molecule has 0 heterocycles. The van der Waals surface area contributed by atoms with E-state index in [-0.39, 0.29) is 24.6 Å². The molecule has 0 saturated carbocycles. The number of Topliss-reactive ketones (excluding diaryl/α,β-unsaturated/α-hetero) is 1. The maximum absolute atomic E-state index is 11.4. The van der Waals surface area contributed by atoms with Crippen LogP contribution in [-0.4, -0.2) is 5.78 Å². The number of benzene rings is 1. The Bertz CT molecular complexity index is 331. The molecule has 1 atom stereocenters. The summed E-state index contributed by atoms with van der Waals surface area (Å²) in [7, 11) is 0. The average Bonchev–Trinajstić information content (AvgIpc) is 2.04. The van der Waals surface area contributed by atoms with Crippen molar-refractivity contribution < 1.29 is 28.8 Å². The first-order valence-electron chi connectivity index (χ1n) is 3.49. The van der Waals surface area contributed by atoms with Gasteiger partial charge in [-0.2, -0.15) is 0 Å². The first-order chi connectivity index (χ1) is 5.14. The third kappa shape index (κ3) is 0.964. The Morgan fingerprint density at radius 3 is 2.50 bits per heavy atom. The Morgan fingerprint density at radius 1 is 1.33 bits per heavy atom. The summed E-state index contributed by atoms with van der Waals surface area (Å²) in [5.41, 5.74) is -0.258. The molecular weight excluding hydrogens is 147 g/mol. The number of ketones is 1. The fourth-order valence-corrected chi connectivity index (χ4v) is 1.41. The van der Waals surface area contributed by atoms with Crippen molar-refractivity contribution in [2.45, 2.75) is 12.5 Å². The van der Waals surface area contributed by atoms with Crippen molar-refractivity contribution in [2.24, 2.45) is 0 Å². The largest absolute Gasteiger partial charge is 1.00 e. The fourth-order valence-electron chi connectivity index (χ4n) is 1.41. The molecule has 56 valence electrons. The maximum atomic E-state index is 11.4. The van der Waals surface area contributed by atoms with Gasteiger partial charge in [-0.25, -0.2) is 0 Å². The molecule has 12 heavy (non-hydrogen) atoms. The average molecular weight is 154 g/mol. The minimum Gasteiger partial charge on any atom is -0.840 e. The van der Waals surface area contributed by atoms with E-state index in [9.17, 15) is 9.90 Å². The van der Waals surface area contributed by atoms with E-state index in [1.165, 1.54) is 6.92 Å². The van der Waals surface area contributed by atoms with Crippen LogP contribution in [0.25, 0.3) is 0 Å². The van der Waals surface area contributed by atoms with Crippen molar-refractivity contribution in [3.8, 4) is 0 Å². The van der Waals surface area contributed by atoms with Crippen LogP contribution in [0.4, 0.5) is 0 Å². The van der Waals surface area contributed by atoms with Crippen molar-refractivity contribution in [3.05, 3.63) is 35.4 Å². The van der Waals surface area contributed by atoms with E-state index in [0.717, 1.165) is 0 Å². The molecule has 1 aromatic carbocycles. The van der Waals surface area contributed by atoms with Crippen LogP contribution in [0.2, 0.25) is 0 Å². The van der Waals surface area contributed by atoms with E-state index < -0.39 is 5.60 Å². The molecule has 0 saturated heterocycles. The maximum Gasteiger partial charge on any atom is 1.00 e. The molecule has 0 aromatic heterocycles. The number of hydrogen-bond acceptors (Lipinski definition) is 2. The summed E-state index contributed by atoms with van der Waals surface area (Å²) in [6.07, 6.45) is 0. The number of fused-ring (bicyclic) bond motifs is 1. The predicted molar refractivity (Wildman–Crippen MR) is 38.1 cm³/mol. The molecule has 3 heteroatoms. The quantitative estimate of drug-likeness (QED) is 0.386. The molecule has 1 aliphatic carbocycles. The molecule has 1 aliphatic rings. The first-order valence-corrected chi connectivity index (χ1v) is 3.49. The SMILES string of the molecule is CC1([O-])C(=O)c2ccccc21.[Li+]. The zero-order valence-corrected chi connectivity index (χ0v) is 7.13. The molecule has 1 aromatic rings. The van der Waals surface area contributed by atoms with Gasteiger partial charge in [-0.15, -0.1) is 0 Å². The summed E-state index contributed by atoms with van der Waals surface area (Å²) in [6, 6.07) is 6.95. The standard InChI is InChI=1S/C9H7O2.Li/c1-9(11)7-5-3-2-4-6(7)8(9)10;/h2-5H,1H3;/q-1;+1. The molecule has 0 radical (unpaired) electrons.